The molecule has 21 heavy (non-hydrogen) atoms. The zero-order chi connectivity index (χ0) is 15.6. The number of rotatable bonds is 4. The van der Waals surface area contributed by atoms with Crippen molar-refractivity contribution in [2.75, 3.05) is 14.2 Å². The van der Waals surface area contributed by atoms with Gasteiger partial charge in [0.2, 0.25) is 0 Å². The molecule has 0 aromatic heterocycles. The highest BCUT2D eigenvalue weighted by Gasteiger charge is 2.17. The van der Waals surface area contributed by atoms with Gasteiger partial charge in [-0.3, -0.25) is 0 Å². The molecule has 0 amide bonds. The molecule has 0 bridgehead atoms. The molecule has 1 atom stereocenters. The van der Waals surface area contributed by atoms with E-state index < -0.39 is 0 Å². The van der Waals surface area contributed by atoms with Crippen molar-refractivity contribution in [2.45, 2.75) is 18.7 Å². The van der Waals surface area contributed by atoms with E-state index in [2.05, 4.69) is 15.9 Å². The molecule has 0 radical (unpaired) electrons. The molecule has 112 valence electrons. The second kappa shape index (κ2) is 6.48. The SMILES string of the molecule is COc1cc(C)c(C(Br)c2ccc(C)c(F)c2)cc1OC. The Morgan fingerprint density at radius 2 is 1.57 bits per heavy atom. The van der Waals surface area contributed by atoms with E-state index in [1.807, 2.05) is 25.1 Å². The van der Waals surface area contributed by atoms with Crippen LogP contribution in [0, 0.1) is 19.7 Å². The van der Waals surface area contributed by atoms with Crippen LogP contribution in [0.25, 0.3) is 0 Å². The van der Waals surface area contributed by atoms with E-state index in [0.717, 1.165) is 16.7 Å². The molecule has 2 aromatic rings. The zero-order valence-electron chi connectivity index (χ0n) is 12.5. The summed E-state index contributed by atoms with van der Waals surface area (Å²) in [6, 6.07) is 9.12. The smallest absolute Gasteiger partial charge is 0.161 e. The van der Waals surface area contributed by atoms with Crippen molar-refractivity contribution in [3.63, 3.8) is 0 Å². The molecule has 0 aliphatic rings. The van der Waals surface area contributed by atoms with E-state index in [0.29, 0.717) is 17.1 Å². The Morgan fingerprint density at radius 1 is 0.952 bits per heavy atom. The standard InChI is InChI=1S/C17H18BrFO2/c1-10-5-6-12(8-14(10)19)17(18)13-9-16(21-4)15(20-3)7-11(13)2/h5-9,17H,1-4H3. The number of methoxy groups -OCH3 is 2. The molecule has 0 aliphatic heterocycles. The minimum atomic E-state index is -0.199. The fraction of sp³-hybridized carbons (Fsp3) is 0.294. The summed E-state index contributed by atoms with van der Waals surface area (Å²) >= 11 is 3.65. The number of alkyl halides is 1. The van der Waals surface area contributed by atoms with Crippen molar-refractivity contribution in [1.29, 1.82) is 0 Å². The lowest BCUT2D eigenvalue weighted by molar-refractivity contribution is 0.354. The van der Waals surface area contributed by atoms with Crippen molar-refractivity contribution in [2.24, 2.45) is 0 Å². The molecule has 0 saturated heterocycles. The summed E-state index contributed by atoms with van der Waals surface area (Å²) in [7, 11) is 3.21. The third-order valence-corrected chi connectivity index (χ3v) is 4.56. The highest BCUT2D eigenvalue weighted by Crippen LogP contribution is 2.39. The van der Waals surface area contributed by atoms with Crippen molar-refractivity contribution in [3.05, 3.63) is 58.4 Å². The average Bonchev–Trinajstić information content (AvgIpc) is 2.49. The Morgan fingerprint density at radius 3 is 2.14 bits per heavy atom. The Hall–Kier alpha value is -1.55. The summed E-state index contributed by atoms with van der Waals surface area (Å²) in [5, 5.41) is 0. The van der Waals surface area contributed by atoms with Gasteiger partial charge < -0.3 is 9.47 Å². The molecule has 0 N–H and O–H groups in total. The first-order valence-electron chi connectivity index (χ1n) is 6.60. The predicted molar refractivity (Wildman–Crippen MR) is 86.2 cm³/mol. The van der Waals surface area contributed by atoms with Crippen molar-refractivity contribution < 1.29 is 13.9 Å². The zero-order valence-corrected chi connectivity index (χ0v) is 14.1. The molecule has 0 saturated carbocycles. The van der Waals surface area contributed by atoms with E-state index in [-0.39, 0.29) is 10.6 Å². The predicted octanol–water partition coefficient (Wildman–Crippen LogP) is 4.94. The molecular formula is C17H18BrFO2. The van der Waals surface area contributed by atoms with Crippen molar-refractivity contribution in [1.82, 2.24) is 0 Å². The number of hydrogen-bond acceptors (Lipinski definition) is 2. The van der Waals surface area contributed by atoms with Crippen LogP contribution in [-0.4, -0.2) is 14.2 Å². The van der Waals surface area contributed by atoms with Gasteiger partial charge in [0, 0.05) is 0 Å². The molecule has 4 heteroatoms. The lowest BCUT2D eigenvalue weighted by Gasteiger charge is -2.17. The molecule has 2 rings (SSSR count). The fourth-order valence-corrected chi connectivity index (χ4v) is 2.99. The quantitative estimate of drug-likeness (QED) is 0.725. The molecular weight excluding hydrogens is 335 g/mol. The lowest BCUT2D eigenvalue weighted by atomic mass is 9.98. The van der Waals surface area contributed by atoms with Crippen LogP contribution >= 0.6 is 15.9 Å². The Labute approximate surface area is 133 Å². The van der Waals surface area contributed by atoms with Gasteiger partial charge in [-0.2, -0.15) is 0 Å². The number of benzene rings is 2. The highest BCUT2D eigenvalue weighted by molar-refractivity contribution is 9.09. The van der Waals surface area contributed by atoms with E-state index in [9.17, 15) is 4.39 Å². The first kappa shape index (κ1) is 15.8. The van der Waals surface area contributed by atoms with Gasteiger partial charge in [-0.25, -0.2) is 4.39 Å². The second-order valence-electron chi connectivity index (χ2n) is 4.93. The van der Waals surface area contributed by atoms with Crippen LogP contribution in [-0.2, 0) is 0 Å². The molecule has 1 unspecified atom stereocenters. The topological polar surface area (TPSA) is 18.5 Å². The van der Waals surface area contributed by atoms with Gasteiger partial charge in [-0.05, 0) is 54.3 Å². The molecule has 2 nitrogen and oxygen atoms in total. The van der Waals surface area contributed by atoms with E-state index in [1.165, 1.54) is 0 Å². The van der Waals surface area contributed by atoms with Gasteiger partial charge in [0.05, 0.1) is 19.0 Å². The second-order valence-corrected chi connectivity index (χ2v) is 5.85. The number of hydrogen-bond donors (Lipinski definition) is 0. The molecule has 0 heterocycles. The number of ether oxygens (including phenoxy) is 2. The summed E-state index contributed by atoms with van der Waals surface area (Å²) < 4.78 is 24.4. The third kappa shape index (κ3) is 3.21. The van der Waals surface area contributed by atoms with Gasteiger partial charge in [0.1, 0.15) is 5.82 Å². The lowest BCUT2D eigenvalue weighted by Crippen LogP contribution is -2.00. The van der Waals surface area contributed by atoms with Gasteiger partial charge in [-0.15, -0.1) is 0 Å². The minimum absolute atomic E-state index is 0.104. The van der Waals surface area contributed by atoms with Crippen LogP contribution in [0.4, 0.5) is 4.39 Å². The van der Waals surface area contributed by atoms with Gasteiger partial charge in [0.25, 0.3) is 0 Å². The molecule has 2 aromatic carbocycles. The van der Waals surface area contributed by atoms with Crippen molar-refractivity contribution >= 4 is 15.9 Å². The molecule has 0 spiro atoms. The fourth-order valence-electron chi connectivity index (χ4n) is 2.22. The van der Waals surface area contributed by atoms with E-state index in [4.69, 9.17) is 9.47 Å². The Balaban J connectivity index is 2.47. The largest absolute Gasteiger partial charge is 0.493 e. The number of halogens is 2. The van der Waals surface area contributed by atoms with Gasteiger partial charge >= 0.3 is 0 Å². The van der Waals surface area contributed by atoms with E-state index >= 15 is 0 Å². The summed E-state index contributed by atoms with van der Waals surface area (Å²) in [5.74, 6) is 1.15. The van der Waals surface area contributed by atoms with Crippen LogP contribution in [0.1, 0.15) is 27.1 Å². The minimum Gasteiger partial charge on any atom is -0.493 e. The average molecular weight is 353 g/mol. The highest BCUT2D eigenvalue weighted by atomic mass is 79.9. The summed E-state index contributed by atoms with van der Waals surface area (Å²) in [5.41, 5.74) is 3.59. The van der Waals surface area contributed by atoms with Crippen molar-refractivity contribution in [3.8, 4) is 11.5 Å². The molecule has 0 aliphatic carbocycles. The van der Waals surface area contributed by atoms with Crippen LogP contribution in [0.3, 0.4) is 0 Å². The van der Waals surface area contributed by atoms with E-state index in [1.54, 1.807) is 33.3 Å². The van der Waals surface area contributed by atoms with Crippen LogP contribution < -0.4 is 9.47 Å². The normalized spacial score (nSPS) is 12.1. The monoisotopic (exact) mass is 352 g/mol. The maximum atomic E-state index is 13.8. The van der Waals surface area contributed by atoms with Crippen LogP contribution in [0.15, 0.2) is 30.3 Å². The molecule has 0 fully saturated rings. The summed E-state index contributed by atoms with van der Waals surface area (Å²) in [6.45, 7) is 3.75. The van der Waals surface area contributed by atoms with Gasteiger partial charge in [0.15, 0.2) is 11.5 Å². The Kier molecular flexibility index (Phi) is 4.88. The first-order chi connectivity index (χ1) is 9.97. The Bertz CT molecular complexity index is 655. The van der Waals surface area contributed by atoms with Crippen LogP contribution in [0.5, 0.6) is 11.5 Å². The number of aryl methyl sites for hydroxylation is 2. The maximum Gasteiger partial charge on any atom is 0.161 e. The van der Waals surface area contributed by atoms with Gasteiger partial charge in [-0.1, -0.05) is 28.1 Å². The summed E-state index contributed by atoms with van der Waals surface area (Å²) in [6.07, 6.45) is 0. The first-order valence-corrected chi connectivity index (χ1v) is 7.52. The summed E-state index contributed by atoms with van der Waals surface area (Å²) in [4.78, 5) is -0.104. The maximum absolute atomic E-state index is 13.8. The third-order valence-electron chi connectivity index (χ3n) is 3.53. The van der Waals surface area contributed by atoms with Crippen LogP contribution in [0.2, 0.25) is 0 Å².